The van der Waals surface area contributed by atoms with Gasteiger partial charge in [0.05, 0.1) is 28.0 Å². The topological polar surface area (TPSA) is 99.6 Å². The lowest BCUT2D eigenvalue weighted by Crippen LogP contribution is -2.12. The second kappa shape index (κ2) is 7.85. The van der Waals surface area contributed by atoms with Crippen LogP contribution in [0.15, 0.2) is 74.8 Å². The molecule has 4 aromatic rings. The van der Waals surface area contributed by atoms with E-state index in [9.17, 15) is 13.2 Å². The van der Waals surface area contributed by atoms with Crippen LogP contribution in [-0.4, -0.2) is 15.5 Å². The molecule has 3 aromatic carbocycles. The van der Waals surface area contributed by atoms with Gasteiger partial charge in [0.25, 0.3) is 0 Å². The van der Waals surface area contributed by atoms with Gasteiger partial charge in [-0.25, -0.2) is 13.6 Å². The standard InChI is InChI=1S/C23H18ClNO5S/c1-13-11-15(12-18(24)22(13)29-2)20-21(26)17-5-3-4-6-19(17)30-23(20)14-7-9-16(10-8-14)31(25,27)28/h3-12H,1-2H3,(H2,25,27,28). The summed E-state index contributed by atoms with van der Waals surface area (Å²) in [4.78, 5) is 13.4. The first-order valence-corrected chi connectivity index (χ1v) is 11.2. The van der Waals surface area contributed by atoms with Crippen LogP contribution in [0, 0.1) is 6.92 Å². The number of halogens is 1. The van der Waals surface area contributed by atoms with Gasteiger partial charge in [0, 0.05) is 5.56 Å². The van der Waals surface area contributed by atoms with Gasteiger partial charge in [-0.05, 0) is 66.6 Å². The lowest BCUT2D eigenvalue weighted by molar-refractivity contribution is 0.412. The molecule has 4 rings (SSSR count). The molecule has 0 saturated carbocycles. The Hall–Kier alpha value is -3.13. The van der Waals surface area contributed by atoms with E-state index in [-0.39, 0.29) is 10.3 Å². The van der Waals surface area contributed by atoms with Gasteiger partial charge in [0.15, 0.2) is 0 Å². The second-order valence-corrected chi connectivity index (χ2v) is 8.98. The summed E-state index contributed by atoms with van der Waals surface area (Å²) in [6.45, 7) is 1.83. The Morgan fingerprint density at radius 3 is 2.29 bits per heavy atom. The molecule has 0 bridgehead atoms. The zero-order valence-electron chi connectivity index (χ0n) is 16.7. The molecular formula is C23H18ClNO5S. The molecule has 0 aliphatic rings. The molecule has 0 spiro atoms. The van der Waals surface area contributed by atoms with E-state index in [1.165, 1.54) is 19.2 Å². The maximum atomic E-state index is 13.5. The molecule has 1 aromatic heterocycles. The molecule has 0 aliphatic heterocycles. The number of fused-ring (bicyclic) bond motifs is 1. The molecule has 2 N–H and O–H groups in total. The van der Waals surface area contributed by atoms with Crippen molar-refractivity contribution in [3.8, 4) is 28.2 Å². The van der Waals surface area contributed by atoms with E-state index >= 15 is 0 Å². The van der Waals surface area contributed by atoms with Crippen LogP contribution in [0.25, 0.3) is 33.4 Å². The van der Waals surface area contributed by atoms with Crippen molar-refractivity contribution in [2.45, 2.75) is 11.8 Å². The molecule has 158 valence electrons. The zero-order valence-corrected chi connectivity index (χ0v) is 18.3. The SMILES string of the molecule is COc1c(C)cc(-c2c(-c3ccc(S(N)(=O)=O)cc3)oc3ccccc3c2=O)cc1Cl. The van der Waals surface area contributed by atoms with Crippen molar-refractivity contribution in [2.75, 3.05) is 7.11 Å². The van der Waals surface area contributed by atoms with Gasteiger partial charge in [-0.15, -0.1) is 0 Å². The zero-order chi connectivity index (χ0) is 22.3. The molecular weight excluding hydrogens is 438 g/mol. The molecule has 31 heavy (non-hydrogen) atoms. The van der Waals surface area contributed by atoms with Gasteiger partial charge >= 0.3 is 0 Å². The smallest absolute Gasteiger partial charge is 0.238 e. The van der Waals surface area contributed by atoms with E-state index in [0.717, 1.165) is 5.56 Å². The number of rotatable bonds is 4. The average molecular weight is 456 g/mol. The normalized spacial score (nSPS) is 11.6. The fraction of sp³-hybridized carbons (Fsp3) is 0.0870. The molecule has 0 unspecified atom stereocenters. The van der Waals surface area contributed by atoms with E-state index in [1.54, 1.807) is 48.5 Å². The minimum Gasteiger partial charge on any atom is -0.495 e. The van der Waals surface area contributed by atoms with Crippen molar-refractivity contribution in [1.82, 2.24) is 0 Å². The highest BCUT2D eigenvalue weighted by atomic mass is 35.5. The third-order valence-corrected chi connectivity index (χ3v) is 6.17. The van der Waals surface area contributed by atoms with Crippen molar-refractivity contribution >= 4 is 32.6 Å². The summed E-state index contributed by atoms with van der Waals surface area (Å²) < 4.78 is 34.7. The Morgan fingerprint density at radius 1 is 1.00 bits per heavy atom. The summed E-state index contributed by atoms with van der Waals surface area (Å²) in [6.07, 6.45) is 0. The summed E-state index contributed by atoms with van der Waals surface area (Å²) in [6, 6.07) is 16.2. The number of hydrogen-bond donors (Lipinski definition) is 1. The highest BCUT2D eigenvalue weighted by Gasteiger charge is 2.20. The van der Waals surface area contributed by atoms with E-state index < -0.39 is 10.0 Å². The second-order valence-electron chi connectivity index (χ2n) is 7.01. The quantitative estimate of drug-likeness (QED) is 0.479. The summed E-state index contributed by atoms with van der Waals surface area (Å²) in [5, 5.41) is 5.98. The minimum absolute atomic E-state index is 0.0377. The first-order chi connectivity index (χ1) is 14.7. The van der Waals surface area contributed by atoms with Gasteiger partial charge in [0.2, 0.25) is 15.5 Å². The lowest BCUT2D eigenvalue weighted by Gasteiger charge is -2.14. The van der Waals surface area contributed by atoms with E-state index in [4.69, 9.17) is 25.9 Å². The molecule has 0 amide bonds. The molecule has 0 fully saturated rings. The van der Waals surface area contributed by atoms with Crippen molar-refractivity contribution in [3.63, 3.8) is 0 Å². The maximum Gasteiger partial charge on any atom is 0.238 e. The van der Waals surface area contributed by atoms with Crippen LogP contribution in [0.1, 0.15) is 5.56 Å². The third-order valence-electron chi connectivity index (χ3n) is 4.96. The lowest BCUT2D eigenvalue weighted by atomic mass is 9.97. The Balaban J connectivity index is 2.05. The number of aryl methyl sites for hydroxylation is 1. The molecule has 1 heterocycles. The number of hydrogen-bond acceptors (Lipinski definition) is 5. The fourth-order valence-electron chi connectivity index (χ4n) is 3.54. The molecule has 0 atom stereocenters. The summed E-state index contributed by atoms with van der Waals surface area (Å²) in [5.41, 5.74) is 2.34. The Labute approximate surface area is 183 Å². The summed E-state index contributed by atoms with van der Waals surface area (Å²) in [5.74, 6) is 0.819. The molecule has 0 aliphatic carbocycles. The molecule has 6 nitrogen and oxygen atoms in total. The number of benzene rings is 3. The first kappa shape index (κ1) is 21.1. The Bertz CT molecular complexity index is 1450. The van der Waals surface area contributed by atoms with Crippen LogP contribution in [0.2, 0.25) is 5.02 Å². The maximum absolute atomic E-state index is 13.5. The van der Waals surface area contributed by atoms with Gasteiger partial charge in [-0.1, -0.05) is 23.7 Å². The van der Waals surface area contributed by atoms with Crippen LogP contribution in [0.3, 0.4) is 0 Å². The molecule has 8 heteroatoms. The highest BCUT2D eigenvalue weighted by Crippen LogP contribution is 2.38. The number of ether oxygens (including phenoxy) is 1. The van der Waals surface area contributed by atoms with Gasteiger partial charge in [-0.2, -0.15) is 0 Å². The Morgan fingerprint density at radius 2 is 1.68 bits per heavy atom. The number of nitrogens with two attached hydrogens (primary N) is 1. The van der Waals surface area contributed by atoms with Crippen LogP contribution >= 0.6 is 11.6 Å². The molecule has 0 radical (unpaired) electrons. The van der Waals surface area contributed by atoms with Crippen molar-refractivity contribution in [3.05, 3.63) is 81.5 Å². The van der Waals surface area contributed by atoms with Crippen molar-refractivity contribution in [1.29, 1.82) is 0 Å². The van der Waals surface area contributed by atoms with Crippen molar-refractivity contribution in [2.24, 2.45) is 5.14 Å². The molecule has 0 saturated heterocycles. The fourth-order valence-corrected chi connectivity index (χ4v) is 4.40. The number of primary sulfonamides is 1. The highest BCUT2D eigenvalue weighted by molar-refractivity contribution is 7.89. The van der Waals surface area contributed by atoms with E-state index in [2.05, 4.69) is 0 Å². The van der Waals surface area contributed by atoms with E-state index in [1.807, 2.05) is 6.92 Å². The largest absolute Gasteiger partial charge is 0.495 e. The monoisotopic (exact) mass is 455 g/mol. The van der Waals surface area contributed by atoms with Crippen LogP contribution < -0.4 is 15.3 Å². The van der Waals surface area contributed by atoms with Gasteiger partial charge in [-0.3, -0.25) is 4.79 Å². The minimum atomic E-state index is -3.85. The van der Waals surface area contributed by atoms with Gasteiger partial charge < -0.3 is 9.15 Å². The van der Waals surface area contributed by atoms with Crippen LogP contribution in [0.4, 0.5) is 0 Å². The number of methoxy groups -OCH3 is 1. The summed E-state index contributed by atoms with van der Waals surface area (Å²) in [7, 11) is -2.32. The van der Waals surface area contributed by atoms with Crippen LogP contribution in [-0.2, 0) is 10.0 Å². The Kier molecular flexibility index (Phi) is 5.35. The first-order valence-electron chi connectivity index (χ1n) is 9.24. The van der Waals surface area contributed by atoms with E-state index in [0.29, 0.717) is 44.2 Å². The third kappa shape index (κ3) is 3.83. The predicted molar refractivity (Wildman–Crippen MR) is 121 cm³/mol. The van der Waals surface area contributed by atoms with Gasteiger partial charge in [0.1, 0.15) is 17.1 Å². The predicted octanol–water partition coefficient (Wildman–Crippen LogP) is 4.74. The average Bonchev–Trinajstić information content (AvgIpc) is 2.73. The number of para-hydroxylation sites is 1. The summed E-state index contributed by atoms with van der Waals surface area (Å²) >= 11 is 6.39. The van der Waals surface area contributed by atoms with Crippen LogP contribution in [0.5, 0.6) is 5.75 Å². The number of sulfonamides is 1. The van der Waals surface area contributed by atoms with Crippen molar-refractivity contribution < 1.29 is 17.6 Å².